The largest absolute Gasteiger partial charge is 0.378 e. The molecule has 120 valence electrons. The molecule has 0 saturated carbocycles. The molecule has 0 bridgehead atoms. The van der Waals surface area contributed by atoms with Crippen molar-refractivity contribution in [3.05, 3.63) is 54.1 Å². The van der Waals surface area contributed by atoms with Gasteiger partial charge in [0.2, 0.25) is 0 Å². The summed E-state index contributed by atoms with van der Waals surface area (Å²) in [6, 6.07) is 19.6. The summed E-state index contributed by atoms with van der Waals surface area (Å²) in [5.74, 6) is 0. The Kier molecular flexibility index (Phi) is 4.83. The SMILES string of the molecule is CN(C)c1ccc([Si](C)(C)[Si](C)(C)c2cccc(C#N)c2)cc1. The number of hydrogen-bond acceptors (Lipinski definition) is 2. The molecular formula is C19H26N2Si2. The van der Waals surface area contributed by atoms with E-state index in [1.165, 1.54) is 16.1 Å². The normalized spacial score (nSPS) is 11.9. The van der Waals surface area contributed by atoms with E-state index in [1.807, 2.05) is 12.1 Å². The van der Waals surface area contributed by atoms with Gasteiger partial charge in [-0.25, -0.2) is 0 Å². The van der Waals surface area contributed by atoms with Crippen molar-refractivity contribution in [1.82, 2.24) is 0 Å². The molecule has 0 atom stereocenters. The first kappa shape index (κ1) is 17.5. The van der Waals surface area contributed by atoms with E-state index < -0.39 is 15.2 Å². The molecule has 0 fully saturated rings. The van der Waals surface area contributed by atoms with Gasteiger partial charge in [0.25, 0.3) is 0 Å². The predicted octanol–water partition coefficient (Wildman–Crippen LogP) is 3.23. The maximum Gasteiger partial charge on any atom is 0.0991 e. The molecule has 2 rings (SSSR count). The van der Waals surface area contributed by atoms with E-state index in [0.29, 0.717) is 0 Å². The highest BCUT2D eigenvalue weighted by atomic mass is 29.3. The van der Waals surface area contributed by atoms with Crippen LogP contribution in [0.15, 0.2) is 48.5 Å². The van der Waals surface area contributed by atoms with Crippen LogP contribution in [0.25, 0.3) is 0 Å². The Morgan fingerprint density at radius 1 is 0.826 bits per heavy atom. The predicted molar refractivity (Wildman–Crippen MR) is 106 cm³/mol. The van der Waals surface area contributed by atoms with Gasteiger partial charge in [-0.15, -0.1) is 0 Å². The highest BCUT2D eigenvalue weighted by molar-refractivity contribution is 7.49. The van der Waals surface area contributed by atoms with Crippen LogP contribution in [-0.4, -0.2) is 29.3 Å². The molecule has 0 aliphatic carbocycles. The Morgan fingerprint density at radius 3 is 1.91 bits per heavy atom. The standard InChI is InChI=1S/C19H26N2Si2/c1-21(2)17-10-12-18(13-11-17)22(3,4)23(5,6)19-9-7-8-16(14-19)15-20/h7-14H,1-6H3. The van der Waals surface area contributed by atoms with E-state index in [-0.39, 0.29) is 0 Å². The van der Waals surface area contributed by atoms with Crippen LogP contribution < -0.4 is 15.3 Å². The van der Waals surface area contributed by atoms with Gasteiger partial charge in [0.15, 0.2) is 0 Å². The third-order valence-electron chi connectivity index (χ3n) is 5.38. The van der Waals surface area contributed by atoms with E-state index in [0.717, 1.165) is 5.56 Å². The van der Waals surface area contributed by atoms with Gasteiger partial charge in [0.1, 0.15) is 0 Å². The summed E-state index contributed by atoms with van der Waals surface area (Å²) in [6.07, 6.45) is 0. The third kappa shape index (κ3) is 3.26. The average molecular weight is 339 g/mol. The molecule has 0 aliphatic rings. The second-order valence-corrected chi connectivity index (χ2v) is 22.5. The van der Waals surface area contributed by atoms with Gasteiger partial charge in [-0.3, -0.25) is 0 Å². The van der Waals surface area contributed by atoms with Crippen molar-refractivity contribution in [2.24, 2.45) is 0 Å². The van der Waals surface area contributed by atoms with E-state index in [9.17, 15) is 5.26 Å². The second kappa shape index (κ2) is 6.34. The summed E-state index contributed by atoms with van der Waals surface area (Å²) < 4.78 is 0. The van der Waals surface area contributed by atoms with E-state index in [2.05, 4.69) is 87.7 Å². The van der Waals surface area contributed by atoms with Crippen molar-refractivity contribution < 1.29 is 0 Å². The summed E-state index contributed by atoms with van der Waals surface area (Å²) in [5, 5.41) is 12.1. The van der Waals surface area contributed by atoms with Crippen molar-refractivity contribution >= 4 is 31.2 Å². The summed E-state index contributed by atoms with van der Waals surface area (Å²) in [4.78, 5) is 2.14. The quantitative estimate of drug-likeness (QED) is 0.800. The first-order chi connectivity index (χ1) is 10.7. The lowest BCUT2D eigenvalue weighted by molar-refractivity contribution is 1.13. The lowest BCUT2D eigenvalue weighted by Crippen LogP contribution is -2.69. The molecule has 0 spiro atoms. The molecule has 4 heteroatoms. The first-order valence-electron chi connectivity index (χ1n) is 7.98. The molecule has 0 aromatic heterocycles. The zero-order chi connectivity index (χ0) is 17.3. The van der Waals surface area contributed by atoms with E-state index >= 15 is 0 Å². The molecular weight excluding hydrogens is 312 g/mol. The number of rotatable bonds is 4. The highest BCUT2D eigenvalue weighted by Gasteiger charge is 2.43. The van der Waals surface area contributed by atoms with Gasteiger partial charge in [0, 0.05) is 19.8 Å². The number of anilines is 1. The van der Waals surface area contributed by atoms with Gasteiger partial charge in [-0.1, -0.05) is 60.8 Å². The second-order valence-electron chi connectivity index (χ2n) is 7.38. The van der Waals surface area contributed by atoms with Crippen LogP contribution in [-0.2, 0) is 0 Å². The fourth-order valence-electron chi connectivity index (χ4n) is 2.88. The van der Waals surface area contributed by atoms with Crippen LogP contribution in [0.1, 0.15) is 5.56 Å². The van der Waals surface area contributed by atoms with Gasteiger partial charge in [-0.05, 0) is 24.3 Å². The number of hydrogen-bond donors (Lipinski definition) is 0. The summed E-state index contributed by atoms with van der Waals surface area (Å²) in [5.41, 5.74) is 2.01. The third-order valence-corrected chi connectivity index (χ3v) is 23.1. The summed E-state index contributed by atoms with van der Waals surface area (Å²) >= 11 is 0. The van der Waals surface area contributed by atoms with Gasteiger partial charge < -0.3 is 4.90 Å². The molecule has 0 aliphatic heterocycles. The van der Waals surface area contributed by atoms with Crippen molar-refractivity contribution in [3.8, 4) is 6.07 Å². The first-order valence-corrected chi connectivity index (χ1v) is 15.0. The number of nitrogens with zero attached hydrogens (tertiary/aromatic N) is 2. The Balaban J connectivity index is 2.45. The van der Waals surface area contributed by atoms with Gasteiger partial charge >= 0.3 is 0 Å². The monoisotopic (exact) mass is 338 g/mol. The van der Waals surface area contributed by atoms with Crippen molar-refractivity contribution in [1.29, 1.82) is 5.26 Å². The van der Waals surface area contributed by atoms with E-state index in [4.69, 9.17) is 0 Å². The minimum atomic E-state index is -1.67. The van der Waals surface area contributed by atoms with Crippen molar-refractivity contribution in [2.45, 2.75) is 26.2 Å². The Labute approximate surface area is 142 Å². The van der Waals surface area contributed by atoms with Crippen molar-refractivity contribution in [2.75, 3.05) is 19.0 Å². The van der Waals surface area contributed by atoms with Crippen LogP contribution in [0.3, 0.4) is 0 Å². The van der Waals surface area contributed by atoms with Crippen LogP contribution in [0.5, 0.6) is 0 Å². The average Bonchev–Trinajstić information content (AvgIpc) is 2.54. The molecule has 2 aromatic carbocycles. The van der Waals surface area contributed by atoms with Crippen LogP contribution in [0, 0.1) is 11.3 Å². The van der Waals surface area contributed by atoms with Crippen LogP contribution >= 0.6 is 0 Å². The Morgan fingerprint density at radius 2 is 1.39 bits per heavy atom. The fourth-order valence-corrected chi connectivity index (χ4v) is 11.6. The molecule has 0 saturated heterocycles. The minimum Gasteiger partial charge on any atom is -0.378 e. The topological polar surface area (TPSA) is 27.0 Å². The zero-order valence-electron chi connectivity index (χ0n) is 15.0. The molecule has 0 radical (unpaired) electrons. The molecule has 2 aromatic rings. The van der Waals surface area contributed by atoms with Crippen LogP contribution in [0.2, 0.25) is 26.2 Å². The molecule has 23 heavy (non-hydrogen) atoms. The zero-order valence-corrected chi connectivity index (χ0v) is 17.0. The smallest absolute Gasteiger partial charge is 0.0991 e. The van der Waals surface area contributed by atoms with Crippen molar-refractivity contribution in [3.63, 3.8) is 0 Å². The molecule has 0 unspecified atom stereocenters. The number of benzene rings is 2. The number of nitriles is 1. The lowest BCUT2D eigenvalue weighted by atomic mass is 10.2. The van der Waals surface area contributed by atoms with E-state index in [1.54, 1.807) is 0 Å². The maximum atomic E-state index is 9.20. The Bertz CT molecular complexity index is 726. The summed E-state index contributed by atoms with van der Waals surface area (Å²) in [7, 11) is 0.850. The molecule has 0 N–H and O–H groups in total. The summed E-state index contributed by atoms with van der Waals surface area (Å²) in [6.45, 7) is 9.86. The Hall–Kier alpha value is -1.84. The van der Waals surface area contributed by atoms with Gasteiger partial charge in [0.05, 0.1) is 26.8 Å². The maximum absolute atomic E-state index is 9.20. The van der Waals surface area contributed by atoms with Crippen LogP contribution in [0.4, 0.5) is 5.69 Å². The fraction of sp³-hybridized carbons (Fsp3) is 0.316. The molecule has 0 heterocycles. The minimum absolute atomic E-state index is 0.774. The molecule has 2 nitrogen and oxygen atoms in total. The highest BCUT2D eigenvalue weighted by Crippen LogP contribution is 2.21. The van der Waals surface area contributed by atoms with Gasteiger partial charge in [-0.2, -0.15) is 5.26 Å². The lowest BCUT2D eigenvalue weighted by Gasteiger charge is -2.39. The molecule has 0 amide bonds.